The Kier molecular flexibility index (Phi) is 12.2. The number of unbranched alkanes of at least 4 members (excludes halogenated alkanes) is 7. The Hall–Kier alpha value is -1.12. The van der Waals surface area contributed by atoms with Gasteiger partial charge in [0.05, 0.1) is 12.2 Å². The van der Waals surface area contributed by atoms with Crippen molar-refractivity contribution in [2.24, 2.45) is 0 Å². The van der Waals surface area contributed by atoms with Crippen LogP contribution in [-0.4, -0.2) is 18.4 Å². The zero-order valence-corrected chi connectivity index (χ0v) is 13.2. The molecule has 0 saturated carbocycles. The molecule has 116 valence electrons. The van der Waals surface area contributed by atoms with Crippen molar-refractivity contribution in [3.05, 3.63) is 12.2 Å². The van der Waals surface area contributed by atoms with Gasteiger partial charge in [-0.15, -0.1) is 0 Å². The average molecular weight is 282 g/mol. The summed E-state index contributed by atoms with van der Waals surface area (Å²) < 4.78 is 5.06. The van der Waals surface area contributed by atoms with E-state index in [1.165, 1.54) is 12.8 Å². The van der Waals surface area contributed by atoms with Crippen molar-refractivity contribution in [1.82, 2.24) is 0 Å². The molecular weight excluding hydrogens is 252 g/mol. The average Bonchev–Trinajstić information content (AvgIpc) is 2.45. The maximum Gasteiger partial charge on any atom is 0.341 e. The molecule has 0 spiro atoms. The van der Waals surface area contributed by atoms with Gasteiger partial charge in [0, 0.05) is 6.42 Å². The van der Waals surface area contributed by atoms with Crippen molar-refractivity contribution in [1.29, 1.82) is 0 Å². The zero-order chi connectivity index (χ0) is 15.2. The molecule has 0 bridgehead atoms. The van der Waals surface area contributed by atoms with Crippen LogP contribution in [-0.2, 0) is 14.3 Å². The quantitative estimate of drug-likeness (QED) is 0.163. The molecule has 0 amide bonds. The molecule has 0 fully saturated rings. The zero-order valence-electron chi connectivity index (χ0n) is 13.2. The molecule has 3 heteroatoms. The third-order valence-electron chi connectivity index (χ3n) is 3.32. The Balaban J connectivity index is 3.70. The van der Waals surface area contributed by atoms with Gasteiger partial charge < -0.3 is 4.74 Å². The van der Waals surface area contributed by atoms with Crippen LogP contribution >= 0.6 is 0 Å². The summed E-state index contributed by atoms with van der Waals surface area (Å²) in [7, 11) is 0. The fourth-order valence-corrected chi connectivity index (χ4v) is 1.93. The number of carbonyl (C=O) groups is 2. The summed E-state index contributed by atoms with van der Waals surface area (Å²) in [6.07, 6.45) is 10.0. The molecule has 0 aromatic heterocycles. The Bertz CT molecular complexity index is 267. The Labute approximate surface area is 123 Å². The maximum atomic E-state index is 11.8. The predicted octanol–water partition coefficient (Wildman–Crippen LogP) is 4.60. The highest BCUT2D eigenvalue weighted by molar-refractivity contribution is 6.16. The van der Waals surface area contributed by atoms with Crippen LogP contribution in [0, 0.1) is 0 Å². The molecule has 0 aromatic rings. The highest BCUT2D eigenvalue weighted by Gasteiger charge is 2.16. The first kappa shape index (κ1) is 18.9. The standard InChI is InChI=1S/C17H30O3/c1-4-6-8-10-11-13-16(18)15(3)17(19)20-14-12-9-7-5-2/h3-14H2,1-2H3. The normalized spacial score (nSPS) is 10.3. The Morgan fingerprint density at radius 3 is 2.00 bits per heavy atom. The van der Waals surface area contributed by atoms with Crippen LogP contribution < -0.4 is 0 Å². The van der Waals surface area contributed by atoms with Crippen LogP contribution in [0.4, 0.5) is 0 Å². The molecule has 0 radical (unpaired) electrons. The largest absolute Gasteiger partial charge is 0.462 e. The van der Waals surface area contributed by atoms with E-state index >= 15 is 0 Å². The molecule has 0 aliphatic heterocycles. The van der Waals surface area contributed by atoms with Gasteiger partial charge in [-0.3, -0.25) is 4.79 Å². The molecule has 0 aromatic carbocycles. The lowest BCUT2D eigenvalue weighted by Gasteiger charge is -2.06. The molecule has 0 aliphatic rings. The molecule has 20 heavy (non-hydrogen) atoms. The maximum absolute atomic E-state index is 11.8. The number of ketones is 1. The smallest absolute Gasteiger partial charge is 0.341 e. The van der Waals surface area contributed by atoms with Gasteiger partial charge in [0.25, 0.3) is 0 Å². The number of ether oxygens (including phenoxy) is 1. The molecule has 0 heterocycles. The summed E-state index contributed by atoms with van der Waals surface area (Å²) in [5.74, 6) is -0.708. The summed E-state index contributed by atoms with van der Waals surface area (Å²) >= 11 is 0. The van der Waals surface area contributed by atoms with Crippen molar-refractivity contribution in [3.63, 3.8) is 0 Å². The van der Waals surface area contributed by atoms with E-state index in [2.05, 4.69) is 20.4 Å². The van der Waals surface area contributed by atoms with E-state index < -0.39 is 5.97 Å². The fourth-order valence-electron chi connectivity index (χ4n) is 1.93. The minimum atomic E-state index is -0.542. The second-order valence-corrected chi connectivity index (χ2v) is 5.26. The predicted molar refractivity (Wildman–Crippen MR) is 82.6 cm³/mol. The van der Waals surface area contributed by atoms with Gasteiger partial charge in [0.1, 0.15) is 0 Å². The molecule has 0 unspecified atom stereocenters. The summed E-state index contributed by atoms with van der Waals surface area (Å²) in [5, 5.41) is 0. The van der Waals surface area contributed by atoms with Crippen LogP contribution in [0.25, 0.3) is 0 Å². The number of rotatable bonds is 13. The van der Waals surface area contributed by atoms with E-state index in [0.717, 1.165) is 44.9 Å². The second kappa shape index (κ2) is 12.9. The molecule has 0 aliphatic carbocycles. The SMILES string of the molecule is C=C(C(=O)CCCCCCC)C(=O)OCCCCCC. The third kappa shape index (κ3) is 9.76. The lowest BCUT2D eigenvalue weighted by Crippen LogP contribution is -2.15. The van der Waals surface area contributed by atoms with Crippen LogP contribution in [0.3, 0.4) is 0 Å². The van der Waals surface area contributed by atoms with E-state index in [1.807, 2.05) is 0 Å². The summed E-state index contributed by atoms with van der Waals surface area (Å²) in [5.41, 5.74) is 0.0102. The number of hydrogen-bond donors (Lipinski definition) is 0. The summed E-state index contributed by atoms with van der Waals surface area (Å²) in [6.45, 7) is 8.24. The van der Waals surface area contributed by atoms with Gasteiger partial charge in [0.2, 0.25) is 0 Å². The van der Waals surface area contributed by atoms with Crippen molar-refractivity contribution >= 4 is 11.8 Å². The summed E-state index contributed by atoms with van der Waals surface area (Å²) in [6, 6.07) is 0. The van der Waals surface area contributed by atoms with Gasteiger partial charge in [0.15, 0.2) is 5.78 Å². The Morgan fingerprint density at radius 2 is 1.40 bits per heavy atom. The lowest BCUT2D eigenvalue weighted by molar-refractivity contribution is -0.140. The van der Waals surface area contributed by atoms with Crippen molar-refractivity contribution in [3.8, 4) is 0 Å². The number of carbonyl (C=O) groups excluding carboxylic acids is 2. The minimum Gasteiger partial charge on any atom is -0.462 e. The highest BCUT2D eigenvalue weighted by Crippen LogP contribution is 2.09. The second-order valence-electron chi connectivity index (χ2n) is 5.26. The van der Waals surface area contributed by atoms with Crippen LogP contribution in [0.15, 0.2) is 12.2 Å². The molecular formula is C17H30O3. The number of Topliss-reactive ketones (excluding diaryl/α,β-unsaturated/α-hetero) is 1. The van der Waals surface area contributed by atoms with Gasteiger partial charge in [-0.25, -0.2) is 4.79 Å². The van der Waals surface area contributed by atoms with E-state index in [1.54, 1.807) is 0 Å². The van der Waals surface area contributed by atoms with Crippen LogP contribution in [0.2, 0.25) is 0 Å². The van der Waals surface area contributed by atoms with E-state index in [-0.39, 0.29) is 11.4 Å². The first-order valence-corrected chi connectivity index (χ1v) is 8.02. The van der Waals surface area contributed by atoms with Gasteiger partial charge in [-0.2, -0.15) is 0 Å². The lowest BCUT2D eigenvalue weighted by atomic mass is 10.0. The third-order valence-corrected chi connectivity index (χ3v) is 3.32. The molecule has 0 atom stereocenters. The fraction of sp³-hybridized carbons (Fsp3) is 0.765. The minimum absolute atomic E-state index is 0.0102. The first-order chi connectivity index (χ1) is 9.63. The topological polar surface area (TPSA) is 43.4 Å². The van der Waals surface area contributed by atoms with Gasteiger partial charge in [-0.1, -0.05) is 65.4 Å². The molecule has 0 N–H and O–H groups in total. The van der Waals surface area contributed by atoms with Crippen LogP contribution in [0.5, 0.6) is 0 Å². The highest BCUT2D eigenvalue weighted by atomic mass is 16.5. The first-order valence-electron chi connectivity index (χ1n) is 8.02. The van der Waals surface area contributed by atoms with E-state index in [9.17, 15) is 9.59 Å². The van der Waals surface area contributed by atoms with E-state index in [0.29, 0.717) is 13.0 Å². The summed E-state index contributed by atoms with van der Waals surface area (Å²) in [4.78, 5) is 23.4. The molecule has 3 nitrogen and oxygen atoms in total. The van der Waals surface area contributed by atoms with Crippen molar-refractivity contribution in [2.45, 2.75) is 78.1 Å². The van der Waals surface area contributed by atoms with Crippen molar-refractivity contribution in [2.75, 3.05) is 6.61 Å². The number of esters is 1. The van der Waals surface area contributed by atoms with Gasteiger partial charge >= 0.3 is 5.97 Å². The van der Waals surface area contributed by atoms with Crippen LogP contribution in [0.1, 0.15) is 78.1 Å². The molecule has 0 saturated heterocycles. The Morgan fingerprint density at radius 1 is 0.850 bits per heavy atom. The van der Waals surface area contributed by atoms with E-state index in [4.69, 9.17) is 4.74 Å². The molecule has 0 rings (SSSR count). The number of hydrogen-bond acceptors (Lipinski definition) is 3. The monoisotopic (exact) mass is 282 g/mol. The van der Waals surface area contributed by atoms with Crippen molar-refractivity contribution < 1.29 is 14.3 Å². The van der Waals surface area contributed by atoms with Gasteiger partial charge in [-0.05, 0) is 12.8 Å².